The molecule has 0 bridgehead atoms. The van der Waals surface area contributed by atoms with Crippen molar-refractivity contribution in [3.05, 3.63) is 12.2 Å². The highest BCUT2D eigenvalue weighted by Gasteiger charge is 2.35. The summed E-state index contributed by atoms with van der Waals surface area (Å²) in [4.78, 5) is 11.4. The maximum Gasteiger partial charge on any atom is 0.407 e. The number of carbonyl (C=O) groups is 1. The van der Waals surface area contributed by atoms with Crippen LogP contribution in [0, 0.1) is 5.41 Å². The van der Waals surface area contributed by atoms with Crippen molar-refractivity contribution in [1.29, 1.82) is 0 Å². The van der Waals surface area contributed by atoms with Crippen LogP contribution >= 0.6 is 0 Å². The summed E-state index contributed by atoms with van der Waals surface area (Å²) in [5.74, 6) is 0. The van der Waals surface area contributed by atoms with Gasteiger partial charge in [0.25, 0.3) is 0 Å². The standard InChI is InChI=1S/C14H25NO4/c1-14(9-7-11(16)10-18-2)8-5-4-6-12(14)15-13(17)19-3/h7,9,11-12,16H,4-6,8,10H2,1-3H3,(H,15,17)/b9-7+/t11-,12-,14+/m1/s1. The van der Waals surface area contributed by atoms with Crippen LogP contribution in [0.3, 0.4) is 0 Å². The van der Waals surface area contributed by atoms with E-state index in [2.05, 4.69) is 17.0 Å². The number of aliphatic hydroxyl groups excluding tert-OH is 1. The third-order valence-electron chi connectivity index (χ3n) is 3.77. The summed E-state index contributed by atoms with van der Waals surface area (Å²) < 4.78 is 9.56. The fourth-order valence-electron chi connectivity index (χ4n) is 2.55. The Morgan fingerprint density at radius 2 is 2.26 bits per heavy atom. The normalized spacial score (nSPS) is 29.2. The van der Waals surface area contributed by atoms with E-state index in [-0.39, 0.29) is 18.1 Å². The van der Waals surface area contributed by atoms with Gasteiger partial charge in [-0.05, 0) is 12.8 Å². The average molecular weight is 271 g/mol. The molecule has 0 aromatic carbocycles. The SMILES string of the molecule is COC[C@H](O)/C=C/[C@]1(C)CCCC[C@H]1NC(=O)OC. The zero-order chi connectivity index (χ0) is 14.3. The third-order valence-corrected chi connectivity index (χ3v) is 3.77. The fraction of sp³-hybridized carbons (Fsp3) is 0.786. The van der Waals surface area contributed by atoms with Crippen molar-refractivity contribution in [3.63, 3.8) is 0 Å². The van der Waals surface area contributed by atoms with Crippen molar-refractivity contribution in [2.75, 3.05) is 20.8 Å². The van der Waals surface area contributed by atoms with Crippen LogP contribution in [0.1, 0.15) is 32.6 Å². The molecule has 110 valence electrons. The van der Waals surface area contributed by atoms with Gasteiger partial charge >= 0.3 is 6.09 Å². The molecule has 1 saturated carbocycles. The number of carbonyl (C=O) groups excluding carboxylic acids is 1. The van der Waals surface area contributed by atoms with Gasteiger partial charge in [0, 0.05) is 18.6 Å². The molecule has 0 unspecified atom stereocenters. The van der Waals surface area contributed by atoms with Gasteiger partial charge in [-0.1, -0.05) is 31.9 Å². The predicted octanol–water partition coefficient (Wildman–Crippen LogP) is 1.85. The maximum atomic E-state index is 11.4. The van der Waals surface area contributed by atoms with E-state index in [0.29, 0.717) is 0 Å². The van der Waals surface area contributed by atoms with E-state index in [1.165, 1.54) is 7.11 Å². The minimum absolute atomic E-state index is 0.0414. The lowest BCUT2D eigenvalue weighted by molar-refractivity contribution is 0.0916. The highest BCUT2D eigenvalue weighted by molar-refractivity contribution is 5.67. The van der Waals surface area contributed by atoms with Crippen LogP contribution in [0.5, 0.6) is 0 Å². The summed E-state index contributed by atoms with van der Waals surface area (Å²) in [5.41, 5.74) is -0.152. The zero-order valence-corrected chi connectivity index (χ0v) is 12.0. The fourth-order valence-corrected chi connectivity index (χ4v) is 2.55. The molecule has 19 heavy (non-hydrogen) atoms. The Balaban J connectivity index is 2.69. The van der Waals surface area contributed by atoms with Crippen LogP contribution in [0.2, 0.25) is 0 Å². The molecule has 0 aromatic rings. The molecule has 0 spiro atoms. The van der Waals surface area contributed by atoms with E-state index in [9.17, 15) is 9.90 Å². The molecule has 1 aliphatic carbocycles. The van der Waals surface area contributed by atoms with Crippen molar-refractivity contribution in [1.82, 2.24) is 5.32 Å². The van der Waals surface area contributed by atoms with Crippen LogP contribution in [-0.2, 0) is 9.47 Å². The predicted molar refractivity (Wildman–Crippen MR) is 72.9 cm³/mol. The van der Waals surface area contributed by atoms with E-state index in [4.69, 9.17) is 4.74 Å². The molecule has 1 fully saturated rings. The van der Waals surface area contributed by atoms with Crippen LogP contribution in [0.4, 0.5) is 4.79 Å². The summed E-state index contributed by atoms with van der Waals surface area (Å²) in [5, 5.41) is 12.6. The van der Waals surface area contributed by atoms with Gasteiger partial charge in [-0.25, -0.2) is 4.79 Å². The van der Waals surface area contributed by atoms with Crippen molar-refractivity contribution in [3.8, 4) is 0 Å². The molecule has 0 radical (unpaired) electrons. The van der Waals surface area contributed by atoms with Gasteiger partial charge in [0.2, 0.25) is 0 Å². The molecule has 1 rings (SSSR count). The summed E-state index contributed by atoms with van der Waals surface area (Å²) in [6, 6.07) is 0.0414. The highest BCUT2D eigenvalue weighted by atomic mass is 16.5. The van der Waals surface area contributed by atoms with Gasteiger partial charge in [0.1, 0.15) is 0 Å². The molecule has 0 saturated heterocycles. The van der Waals surface area contributed by atoms with Crippen molar-refractivity contribution in [2.45, 2.75) is 44.8 Å². The average Bonchev–Trinajstić information content (AvgIpc) is 2.39. The lowest BCUT2D eigenvalue weighted by Gasteiger charge is -2.39. The molecule has 0 heterocycles. The Kier molecular flexibility index (Phi) is 6.31. The number of alkyl carbamates (subject to hydrolysis) is 1. The van der Waals surface area contributed by atoms with Gasteiger partial charge in [0.15, 0.2) is 0 Å². The first-order valence-corrected chi connectivity index (χ1v) is 6.72. The van der Waals surface area contributed by atoms with Crippen molar-refractivity contribution in [2.24, 2.45) is 5.41 Å². The van der Waals surface area contributed by atoms with Gasteiger partial charge in [-0.3, -0.25) is 0 Å². The Bertz CT molecular complexity index is 319. The molecule has 1 aliphatic rings. The summed E-state index contributed by atoms with van der Waals surface area (Å²) >= 11 is 0. The largest absolute Gasteiger partial charge is 0.453 e. The Morgan fingerprint density at radius 1 is 1.53 bits per heavy atom. The van der Waals surface area contributed by atoms with Gasteiger partial charge in [-0.15, -0.1) is 0 Å². The summed E-state index contributed by atoms with van der Waals surface area (Å²) in [6.07, 6.45) is 6.87. The second-order valence-electron chi connectivity index (χ2n) is 5.32. The molecular formula is C14H25NO4. The molecule has 5 nitrogen and oxygen atoms in total. The smallest absolute Gasteiger partial charge is 0.407 e. The topological polar surface area (TPSA) is 67.8 Å². The molecule has 0 aromatic heterocycles. The summed E-state index contributed by atoms with van der Waals surface area (Å²) in [6.45, 7) is 2.38. The molecule has 3 atom stereocenters. The number of amides is 1. The van der Waals surface area contributed by atoms with Crippen molar-refractivity contribution < 1.29 is 19.4 Å². The molecular weight excluding hydrogens is 246 g/mol. The molecule has 2 N–H and O–H groups in total. The number of aliphatic hydroxyl groups is 1. The van der Waals surface area contributed by atoms with Crippen LogP contribution in [0.25, 0.3) is 0 Å². The van der Waals surface area contributed by atoms with Crippen LogP contribution in [0.15, 0.2) is 12.2 Å². The van der Waals surface area contributed by atoms with E-state index >= 15 is 0 Å². The number of ether oxygens (including phenoxy) is 2. The van der Waals surface area contributed by atoms with Crippen molar-refractivity contribution >= 4 is 6.09 Å². The number of rotatable bonds is 5. The van der Waals surface area contributed by atoms with E-state index in [1.807, 2.05) is 6.08 Å². The van der Waals surface area contributed by atoms with Gasteiger partial charge in [-0.2, -0.15) is 0 Å². The van der Waals surface area contributed by atoms with Gasteiger partial charge < -0.3 is 19.9 Å². The molecule has 1 amide bonds. The minimum atomic E-state index is -0.609. The molecule has 5 heteroatoms. The summed E-state index contributed by atoms with van der Waals surface area (Å²) in [7, 11) is 2.93. The zero-order valence-electron chi connectivity index (χ0n) is 12.0. The van der Waals surface area contributed by atoms with Crippen LogP contribution < -0.4 is 5.32 Å². The first-order chi connectivity index (χ1) is 9.01. The Morgan fingerprint density at radius 3 is 2.89 bits per heavy atom. The Labute approximate surface area is 115 Å². The monoisotopic (exact) mass is 271 g/mol. The second-order valence-corrected chi connectivity index (χ2v) is 5.32. The second kappa shape index (κ2) is 7.50. The number of hydrogen-bond donors (Lipinski definition) is 2. The number of hydrogen-bond acceptors (Lipinski definition) is 4. The van der Waals surface area contributed by atoms with E-state index in [0.717, 1.165) is 25.7 Å². The minimum Gasteiger partial charge on any atom is -0.453 e. The Hall–Kier alpha value is -1.07. The highest BCUT2D eigenvalue weighted by Crippen LogP contribution is 2.37. The lowest BCUT2D eigenvalue weighted by atomic mass is 9.71. The first-order valence-electron chi connectivity index (χ1n) is 6.72. The van der Waals surface area contributed by atoms with Gasteiger partial charge in [0.05, 0.1) is 19.8 Å². The van der Waals surface area contributed by atoms with E-state index in [1.54, 1.807) is 13.2 Å². The lowest BCUT2D eigenvalue weighted by Crippen LogP contribution is -2.47. The molecule has 0 aliphatic heterocycles. The van der Waals surface area contributed by atoms with E-state index < -0.39 is 12.2 Å². The number of nitrogens with one attached hydrogen (secondary N) is 1. The van der Waals surface area contributed by atoms with Crippen LogP contribution in [-0.4, -0.2) is 44.2 Å². The maximum absolute atomic E-state index is 11.4. The first kappa shape index (κ1) is 16.0. The third kappa shape index (κ3) is 4.84. The number of methoxy groups -OCH3 is 2. The quantitative estimate of drug-likeness (QED) is 0.749.